The van der Waals surface area contributed by atoms with Gasteiger partial charge in [-0.05, 0) is 11.1 Å². The van der Waals surface area contributed by atoms with Crippen LogP contribution in [-0.2, 0) is 22.5 Å². The Morgan fingerprint density at radius 3 is 2.44 bits per heavy atom. The van der Waals surface area contributed by atoms with Crippen LogP contribution in [0.5, 0.6) is 0 Å². The first-order chi connectivity index (χ1) is 8.78. The van der Waals surface area contributed by atoms with Gasteiger partial charge in [-0.1, -0.05) is 24.3 Å². The van der Waals surface area contributed by atoms with Gasteiger partial charge < -0.3 is 10.5 Å². The molecular weight excluding hydrogens is 230 g/mol. The topological polar surface area (TPSA) is 67.6 Å². The fourth-order valence-electron chi connectivity index (χ4n) is 1.87. The third-order valence-corrected chi connectivity index (χ3v) is 2.92. The number of nitrogens with two attached hydrogens (primary N) is 1. The summed E-state index contributed by atoms with van der Waals surface area (Å²) in [6.45, 7) is 3.37. The van der Waals surface area contributed by atoms with Gasteiger partial charge in [0.15, 0.2) is 0 Å². The molecule has 1 saturated heterocycles. The molecule has 1 aliphatic heterocycles. The Morgan fingerprint density at radius 2 is 1.83 bits per heavy atom. The van der Waals surface area contributed by atoms with Crippen LogP contribution in [-0.4, -0.2) is 37.2 Å². The molecule has 0 aromatic heterocycles. The summed E-state index contributed by atoms with van der Waals surface area (Å²) >= 11 is 0. The molecular formula is C13H19N3O2. The zero-order chi connectivity index (χ0) is 12.8. The Hall–Kier alpha value is -1.43. The molecule has 1 fully saturated rings. The van der Waals surface area contributed by atoms with E-state index in [0.717, 1.165) is 24.2 Å². The van der Waals surface area contributed by atoms with E-state index < -0.39 is 0 Å². The number of morpholine rings is 1. The molecule has 0 spiro atoms. The number of hydrogen-bond donors (Lipinski definition) is 2. The number of benzene rings is 1. The molecule has 1 aliphatic rings. The smallest absolute Gasteiger partial charge is 0.238 e. The van der Waals surface area contributed by atoms with Crippen LogP contribution in [0.3, 0.4) is 0 Å². The van der Waals surface area contributed by atoms with Gasteiger partial charge >= 0.3 is 0 Å². The van der Waals surface area contributed by atoms with Gasteiger partial charge in [-0.2, -0.15) is 0 Å². The van der Waals surface area contributed by atoms with Crippen molar-refractivity contribution in [3.63, 3.8) is 0 Å². The second-order valence-corrected chi connectivity index (χ2v) is 4.33. The molecule has 0 atom stereocenters. The molecule has 5 heteroatoms. The number of amides is 1. The zero-order valence-corrected chi connectivity index (χ0v) is 10.4. The van der Waals surface area contributed by atoms with Crippen LogP contribution in [0.25, 0.3) is 0 Å². The first-order valence-corrected chi connectivity index (χ1v) is 6.18. The summed E-state index contributed by atoms with van der Waals surface area (Å²) in [5.74, 6) is 0.0115. The Balaban J connectivity index is 1.82. The van der Waals surface area contributed by atoms with Crippen molar-refractivity contribution < 1.29 is 9.53 Å². The molecule has 1 aromatic carbocycles. The molecule has 1 heterocycles. The van der Waals surface area contributed by atoms with Crippen molar-refractivity contribution in [2.24, 2.45) is 5.73 Å². The third kappa shape index (κ3) is 3.80. The highest BCUT2D eigenvalue weighted by Crippen LogP contribution is 2.04. The maximum atomic E-state index is 11.8. The molecule has 2 rings (SSSR count). The lowest BCUT2D eigenvalue weighted by atomic mass is 10.1. The van der Waals surface area contributed by atoms with Crippen LogP contribution in [0.1, 0.15) is 11.1 Å². The van der Waals surface area contributed by atoms with Gasteiger partial charge in [0.2, 0.25) is 5.91 Å². The SMILES string of the molecule is NCc1ccc(CC(=O)NN2CCOCC2)cc1. The number of hydrogen-bond acceptors (Lipinski definition) is 4. The lowest BCUT2D eigenvalue weighted by molar-refractivity contribution is -0.127. The molecule has 0 bridgehead atoms. The highest BCUT2D eigenvalue weighted by Gasteiger charge is 2.13. The quantitative estimate of drug-likeness (QED) is 0.791. The predicted octanol–water partition coefficient (Wildman–Crippen LogP) is 0.0512. The van der Waals surface area contributed by atoms with Gasteiger partial charge in [0, 0.05) is 19.6 Å². The first-order valence-electron chi connectivity index (χ1n) is 6.18. The lowest BCUT2D eigenvalue weighted by Gasteiger charge is -2.26. The number of hydrazine groups is 1. The standard InChI is InChI=1S/C13H19N3O2/c14-10-12-3-1-11(2-4-12)9-13(17)15-16-5-7-18-8-6-16/h1-4H,5-10,14H2,(H,15,17). The van der Waals surface area contributed by atoms with Crippen molar-refractivity contribution in [1.82, 2.24) is 10.4 Å². The molecule has 98 valence electrons. The minimum Gasteiger partial charge on any atom is -0.379 e. The third-order valence-electron chi connectivity index (χ3n) is 2.92. The van der Waals surface area contributed by atoms with Crippen molar-refractivity contribution in [2.45, 2.75) is 13.0 Å². The molecule has 1 aromatic rings. The number of carbonyl (C=O) groups is 1. The van der Waals surface area contributed by atoms with E-state index in [-0.39, 0.29) is 5.91 Å². The monoisotopic (exact) mass is 249 g/mol. The van der Waals surface area contributed by atoms with Crippen molar-refractivity contribution in [2.75, 3.05) is 26.3 Å². The molecule has 0 saturated carbocycles. The average Bonchev–Trinajstić information content (AvgIpc) is 2.40. The van der Waals surface area contributed by atoms with Crippen LogP contribution in [0.2, 0.25) is 0 Å². The van der Waals surface area contributed by atoms with E-state index in [1.165, 1.54) is 0 Å². The Morgan fingerprint density at radius 1 is 1.22 bits per heavy atom. The van der Waals surface area contributed by atoms with Crippen molar-refractivity contribution in [3.8, 4) is 0 Å². The second kappa shape index (κ2) is 6.49. The van der Waals surface area contributed by atoms with E-state index in [9.17, 15) is 4.79 Å². The van der Waals surface area contributed by atoms with Gasteiger partial charge in [-0.25, -0.2) is 5.01 Å². The van der Waals surface area contributed by atoms with Gasteiger partial charge in [0.25, 0.3) is 0 Å². The maximum Gasteiger partial charge on any atom is 0.238 e. The van der Waals surface area contributed by atoms with Crippen molar-refractivity contribution >= 4 is 5.91 Å². The van der Waals surface area contributed by atoms with Crippen LogP contribution in [0.4, 0.5) is 0 Å². The van der Waals surface area contributed by atoms with Crippen LogP contribution in [0.15, 0.2) is 24.3 Å². The minimum atomic E-state index is 0.0115. The number of ether oxygens (including phenoxy) is 1. The summed E-state index contributed by atoms with van der Waals surface area (Å²) in [5.41, 5.74) is 10.5. The first kappa shape index (κ1) is 13.0. The molecule has 0 radical (unpaired) electrons. The van der Waals surface area contributed by atoms with Gasteiger partial charge in [-0.15, -0.1) is 0 Å². The Labute approximate surface area is 107 Å². The molecule has 5 nitrogen and oxygen atoms in total. The normalized spacial score (nSPS) is 16.5. The maximum absolute atomic E-state index is 11.8. The van der Waals surface area contributed by atoms with Crippen molar-refractivity contribution in [1.29, 1.82) is 0 Å². The summed E-state index contributed by atoms with van der Waals surface area (Å²) in [6.07, 6.45) is 0.391. The van der Waals surface area contributed by atoms with Crippen LogP contribution in [0, 0.1) is 0 Å². The Bertz CT molecular complexity index is 386. The van der Waals surface area contributed by atoms with E-state index in [1.54, 1.807) is 0 Å². The minimum absolute atomic E-state index is 0.0115. The fourth-order valence-corrected chi connectivity index (χ4v) is 1.87. The van der Waals surface area contributed by atoms with Gasteiger partial charge in [0.1, 0.15) is 0 Å². The van der Waals surface area contributed by atoms with Gasteiger partial charge in [0.05, 0.1) is 19.6 Å². The number of nitrogens with one attached hydrogen (secondary N) is 1. The van der Waals surface area contributed by atoms with Gasteiger partial charge in [-0.3, -0.25) is 10.2 Å². The van der Waals surface area contributed by atoms with E-state index in [0.29, 0.717) is 26.2 Å². The summed E-state index contributed by atoms with van der Waals surface area (Å²) in [5, 5.41) is 1.90. The average molecular weight is 249 g/mol. The highest BCUT2D eigenvalue weighted by atomic mass is 16.5. The summed E-state index contributed by atoms with van der Waals surface area (Å²) in [6, 6.07) is 7.80. The van der Waals surface area contributed by atoms with E-state index in [4.69, 9.17) is 10.5 Å². The summed E-state index contributed by atoms with van der Waals surface area (Å²) in [7, 11) is 0. The van der Waals surface area contributed by atoms with E-state index in [2.05, 4.69) is 5.43 Å². The molecule has 18 heavy (non-hydrogen) atoms. The second-order valence-electron chi connectivity index (χ2n) is 4.33. The van der Waals surface area contributed by atoms with E-state index in [1.807, 2.05) is 29.3 Å². The zero-order valence-electron chi connectivity index (χ0n) is 10.4. The number of nitrogens with zero attached hydrogens (tertiary/aromatic N) is 1. The van der Waals surface area contributed by atoms with Crippen LogP contribution < -0.4 is 11.2 Å². The molecule has 0 aliphatic carbocycles. The Kier molecular flexibility index (Phi) is 4.69. The highest BCUT2D eigenvalue weighted by molar-refractivity contribution is 5.78. The number of rotatable bonds is 4. The predicted molar refractivity (Wildman–Crippen MR) is 68.6 cm³/mol. The van der Waals surface area contributed by atoms with Crippen molar-refractivity contribution in [3.05, 3.63) is 35.4 Å². The largest absolute Gasteiger partial charge is 0.379 e. The van der Waals surface area contributed by atoms with E-state index >= 15 is 0 Å². The van der Waals surface area contributed by atoms with Crippen LogP contribution >= 0.6 is 0 Å². The number of carbonyl (C=O) groups excluding carboxylic acids is 1. The fraction of sp³-hybridized carbons (Fsp3) is 0.462. The molecule has 0 unspecified atom stereocenters. The molecule has 3 N–H and O–H groups in total. The lowest BCUT2D eigenvalue weighted by Crippen LogP contribution is -2.48. The summed E-state index contributed by atoms with van der Waals surface area (Å²) in [4.78, 5) is 11.8. The summed E-state index contributed by atoms with van der Waals surface area (Å²) < 4.78 is 5.22. The molecule has 1 amide bonds.